The van der Waals surface area contributed by atoms with Gasteiger partial charge in [-0.15, -0.1) is 0 Å². The van der Waals surface area contributed by atoms with Gasteiger partial charge in [0, 0.05) is 21.6 Å². The molecular formula is C20H22BrClN2. The normalized spacial score (nSPS) is 21.9. The summed E-state index contributed by atoms with van der Waals surface area (Å²) in [6.45, 7) is 2.35. The molecule has 1 aliphatic carbocycles. The monoisotopic (exact) mass is 404 g/mol. The Morgan fingerprint density at radius 3 is 2.67 bits per heavy atom. The summed E-state index contributed by atoms with van der Waals surface area (Å²) in [7, 11) is 2.22. The number of nitrogens with zero attached hydrogens (tertiary/aromatic N) is 2. The fourth-order valence-electron chi connectivity index (χ4n) is 4.32. The van der Waals surface area contributed by atoms with Gasteiger partial charge in [0.25, 0.3) is 0 Å². The Hall–Kier alpha value is -0.900. The smallest absolute Gasteiger partial charge is 0.0514 e. The van der Waals surface area contributed by atoms with Crippen molar-refractivity contribution in [2.45, 2.75) is 31.6 Å². The fourth-order valence-corrected chi connectivity index (χ4v) is 4.90. The van der Waals surface area contributed by atoms with E-state index in [9.17, 15) is 0 Å². The Morgan fingerprint density at radius 2 is 1.88 bits per heavy atom. The summed E-state index contributed by atoms with van der Waals surface area (Å²) in [5.74, 6) is 1.06. The molecule has 24 heavy (non-hydrogen) atoms. The first-order valence-electron chi connectivity index (χ1n) is 8.73. The number of likely N-dealkylation sites (tertiary alicyclic amines) is 1. The van der Waals surface area contributed by atoms with Crippen LogP contribution in [0.2, 0.25) is 5.02 Å². The Bertz CT molecular complexity index is 700. The molecule has 0 amide bonds. The minimum atomic E-state index is 0.400. The molecule has 0 spiro atoms. The molecule has 1 aromatic carbocycles. The van der Waals surface area contributed by atoms with Crippen LogP contribution in [-0.4, -0.2) is 30.0 Å². The van der Waals surface area contributed by atoms with E-state index in [1.807, 2.05) is 12.3 Å². The van der Waals surface area contributed by atoms with E-state index in [1.165, 1.54) is 48.3 Å². The number of rotatable bonds is 1. The zero-order chi connectivity index (χ0) is 16.7. The maximum absolute atomic E-state index is 6.29. The van der Waals surface area contributed by atoms with Gasteiger partial charge in [-0.25, -0.2) is 0 Å². The molecule has 126 valence electrons. The van der Waals surface area contributed by atoms with Crippen molar-refractivity contribution < 1.29 is 0 Å². The van der Waals surface area contributed by atoms with E-state index in [4.69, 9.17) is 16.6 Å². The number of aryl methyl sites for hydroxylation is 2. The molecule has 0 radical (unpaired) electrons. The maximum atomic E-state index is 6.29. The molecule has 4 heteroatoms. The van der Waals surface area contributed by atoms with Gasteiger partial charge < -0.3 is 4.90 Å². The highest BCUT2D eigenvalue weighted by Crippen LogP contribution is 2.43. The predicted octanol–water partition coefficient (Wildman–Crippen LogP) is 5.07. The number of halogens is 2. The molecule has 1 atom stereocenters. The highest BCUT2D eigenvalue weighted by molar-refractivity contribution is 9.10. The number of aromatic nitrogens is 1. The molecule has 1 unspecified atom stereocenters. The van der Waals surface area contributed by atoms with Crippen LogP contribution in [0.1, 0.15) is 41.1 Å². The lowest BCUT2D eigenvalue weighted by Crippen LogP contribution is -2.33. The highest BCUT2D eigenvalue weighted by atomic mass is 79.9. The van der Waals surface area contributed by atoms with Gasteiger partial charge in [-0.1, -0.05) is 17.7 Å². The largest absolute Gasteiger partial charge is 0.306 e. The second kappa shape index (κ2) is 6.78. The van der Waals surface area contributed by atoms with Crippen LogP contribution < -0.4 is 0 Å². The van der Waals surface area contributed by atoms with E-state index >= 15 is 0 Å². The molecular weight excluding hydrogens is 384 g/mol. The van der Waals surface area contributed by atoms with Gasteiger partial charge in [0.05, 0.1) is 5.69 Å². The van der Waals surface area contributed by atoms with Gasteiger partial charge in [0.15, 0.2) is 0 Å². The number of piperidine rings is 1. The lowest BCUT2D eigenvalue weighted by Gasteiger charge is -2.35. The van der Waals surface area contributed by atoms with Crippen LogP contribution >= 0.6 is 27.5 Å². The number of hydrogen-bond acceptors (Lipinski definition) is 2. The summed E-state index contributed by atoms with van der Waals surface area (Å²) in [5.41, 5.74) is 5.53. The Labute approximate surface area is 157 Å². The second-order valence-electron chi connectivity index (χ2n) is 7.16. The van der Waals surface area contributed by atoms with E-state index in [2.05, 4.69) is 46.1 Å². The van der Waals surface area contributed by atoms with Gasteiger partial charge in [0.2, 0.25) is 0 Å². The summed E-state index contributed by atoms with van der Waals surface area (Å²) in [4.78, 5) is 7.32. The Balaban J connectivity index is 1.82. The summed E-state index contributed by atoms with van der Waals surface area (Å²) in [6.07, 6.45) is 6.52. The van der Waals surface area contributed by atoms with Crippen molar-refractivity contribution in [3.8, 4) is 0 Å². The molecule has 1 aromatic heterocycles. The number of pyridine rings is 1. The zero-order valence-electron chi connectivity index (χ0n) is 13.9. The van der Waals surface area contributed by atoms with E-state index in [0.29, 0.717) is 11.8 Å². The van der Waals surface area contributed by atoms with Crippen LogP contribution in [0.15, 0.2) is 34.9 Å². The van der Waals surface area contributed by atoms with E-state index in [0.717, 1.165) is 22.3 Å². The van der Waals surface area contributed by atoms with Crippen LogP contribution in [-0.2, 0) is 12.8 Å². The van der Waals surface area contributed by atoms with E-state index < -0.39 is 0 Å². The van der Waals surface area contributed by atoms with Crippen LogP contribution in [0.4, 0.5) is 0 Å². The first kappa shape index (κ1) is 16.6. The summed E-state index contributed by atoms with van der Waals surface area (Å²) in [6, 6.07) is 8.73. The van der Waals surface area contributed by atoms with Crippen LogP contribution in [0, 0.1) is 5.92 Å². The molecule has 0 N–H and O–H groups in total. The lowest BCUT2D eigenvalue weighted by molar-refractivity contribution is 0.206. The Morgan fingerprint density at radius 1 is 1.12 bits per heavy atom. The summed E-state index contributed by atoms with van der Waals surface area (Å²) >= 11 is 9.89. The van der Waals surface area contributed by atoms with E-state index in [-0.39, 0.29) is 0 Å². The molecule has 2 heterocycles. The number of benzene rings is 1. The first-order chi connectivity index (χ1) is 11.6. The van der Waals surface area contributed by atoms with Crippen molar-refractivity contribution in [1.82, 2.24) is 9.88 Å². The third-order valence-corrected chi connectivity index (χ3v) is 6.27. The van der Waals surface area contributed by atoms with Crippen molar-refractivity contribution in [1.29, 1.82) is 0 Å². The van der Waals surface area contributed by atoms with Gasteiger partial charge in [0.1, 0.15) is 0 Å². The molecule has 2 aliphatic rings. The zero-order valence-corrected chi connectivity index (χ0v) is 16.3. The van der Waals surface area contributed by atoms with Crippen LogP contribution in [0.25, 0.3) is 0 Å². The summed E-state index contributed by atoms with van der Waals surface area (Å²) < 4.78 is 1.08. The van der Waals surface area contributed by atoms with Gasteiger partial charge >= 0.3 is 0 Å². The van der Waals surface area contributed by atoms with Crippen molar-refractivity contribution in [2.24, 2.45) is 5.92 Å². The lowest BCUT2D eigenvalue weighted by atomic mass is 9.76. The number of hydrogen-bond donors (Lipinski definition) is 0. The topological polar surface area (TPSA) is 16.1 Å². The third kappa shape index (κ3) is 3.14. The second-order valence-corrected chi connectivity index (χ2v) is 8.51. The SMILES string of the molecule is CN1CCC(C2c3ccc(Cl)cc3CCc3cc(Br)cnc32)CC1. The van der Waals surface area contributed by atoms with Crippen molar-refractivity contribution in [3.05, 3.63) is 62.3 Å². The fraction of sp³-hybridized carbons (Fsp3) is 0.450. The molecule has 0 saturated carbocycles. The quantitative estimate of drug-likeness (QED) is 0.658. The minimum Gasteiger partial charge on any atom is -0.306 e. The molecule has 1 saturated heterocycles. The van der Waals surface area contributed by atoms with E-state index in [1.54, 1.807) is 0 Å². The standard InChI is InChI=1S/C20H22BrClN2/c1-24-8-6-13(7-9-24)19-18-5-4-17(22)11-14(18)2-3-15-10-16(21)12-23-20(15)19/h4-5,10-13,19H,2-3,6-9H2,1H3. The Kier molecular flexibility index (Phi) is 4.68. The molecule has 0 bridgehead atoms. The number of fused-ring (bicyclic) bond motifs is 2. The molecule has 1 fully saturated rings. The minimum absolute atomic E-state index is 0.400. The maximum Gasteiger partial charge on any atom is 0.0514 e. The van der Waals surface area contributed by atoms with Crippen molar-refractivity contribution in [2.75, 3.05) is 20.1 Å². The molecule has 2 aromatic rings. The predicted molar refractivity (Wildman–Crippen MR) is 103 cm³/mol. The summed E-state index contributed by atoms with van der Waals surface area (Å²) in [5, 5.41) is 0.843. The first-order valence-corrected chi connectivity index (χ1v) is 9.90. The van der Waals surface area contributed by atoms with Crippen molar-refractivity contribution in [3.63, 3.8) is 0 Å². The van der Waals surface area contributed by atoms with Crippen molar-refractivity contribution >= 4 is 27.5 Å². The van der Waals surface area contributed by atoms with Gasteiger partial charge in [-0.05, 0) is 103 Å². The molecule has 4 rings (SSSR count). The average molecular weight is 406 g/mol. The van der Waals surface area contributed by atoms with Crippen LogP contribution in [0.5, 0.6) is 0 Å². The molecule has 1 aliphatic heterocycles. The van der Waals surface area contributed by atoms with Gasteiger partial charge in [-0.2, -0.15) is 0 Å². The van der Waals surface area contributed by atoms with Gasteiger partial charge in [-0.3, -0.25) is 4.98 Å². The van der Waals surface area contributed by atoms with Crippen LogP contribution in [0.3, 0.4) is 0 Å². The average Bonchev–Trinajstić information content (AvgIpc) is 2.72. The highest BCUT2D eigenvalue weighted by Gasteiger charge is 2.33. The molecule has 2 nitrogen and oxygen atoms in total. The third-order valence-electron chi connectivity index (χ3n) is 5.60.